The first-order valence-corrected chi connectivity index (χ1v) is 7.47. The lowest BCUT2D eigenvalue weighted by Gasteiger charge is -2.46. The summed E-state index contributed by atoms with van der Waals surface area (Å²) in [5.41, 5.74) is -0.475. The number of piperidine rings is 1. The standard InChI is InChI=1S/C13H20ClN3O2/c1-9(14)11-15-16-12(19-11)17-7-6-13(18)5-3-2-4-10(13)8-17/h9-10,18H,2-8H2,1H3. The predicted octanol–water partition coefficient (Wildman–Crippen LogP) is 2.50. The molecule has 0 aromatic carbocycles. The summed E-state index contributed by atoms with van der Waals surface area (Å²) in [5, 5.41) is 18.4. The summed E-state index contributed by atoms with van der Waals surface area (Å²) in [7, 11) is 0. The largest absolute Gasteiger partial charge is 0.406 e. The maximum atomic E-state index is 10.6. The Bertz CT molecular complexity index is 451. The molecule has 3 rings (SSSR count). The number of aromatic nitrogens is 2. The summed E-state index contributed by atoms with van der Waals surface area (Å²) in [5.74, 6) is 0.778. The van der Waals surface area contributed by atoms with Crippen LogP contribution in [0.4, 0.5) is 6.01 Å². The number of halogens is 1. The highest BCUT2D eigenvalue weighted by molar-refractivity contribution is 6.20. The van der Waals surface area contributed by atoms with E-state index in [0.29, 0.717) is 17.8 Å². The van der Waals surface area contributed by atoms with E-state index in [9.17, 15) is 5.11 Å². The zero-order valence-electron chi connectivity index (χ0n) is 11.2. The molecule has 1 aromatic heterocycles. The second-order valence-corrected chi connectivity index (χ2v) is 6.44. The van der Waals surface area contributed by atoms with Gasteiger partial charge in [0.1, 0.15) is 5.38 Å². The van der Waals surface area contributed by atoms with Crippen molar-refractivity contribution < 1.29 is 9.52 Å². The summed E-state index contributed by atoms with van der Waals surface area (Å²) in [6.07, 6.45) is 5.14. The van der Waals surface area contributed by atoms with Gasteiger partial charge in [-0.25, -0.2) is 0 Å². The molecule has 1 saturated heterocycles. The van der Waals surface area contributed by atoms with Crippen LogP contribution in [-0.2, 0) is 0 Å². The Morgan fingerprint density at radius 2 is 2.26 bits per heavy atom. The molecule has 0 spiro atoms. The van der Waals surface area contributed by atoms with Crippen LogP contribution in [0.3, 0.4) is 0 Å². The quantitative estimate of drug-likeness (QED) is 0.846. The average Bonchev–Trinajstić information content (AvgIpc) is 2.87. The molecule has 2 aliphatic rings. The van der Waals surface area contributed by atoms with Gasteiger partial charge in [0.05, 0.1) is 5.60 Å². The smallest absolute Gasteiger partial charge is 0.318 e. The number of nitrogens with zero attached hydrogens (tertiary/aromatic N) is 3. The number of rotatable bonds is 2. The SMILES string of the molecule is CC(Cl)c1nnc(N2CCC3(O)CCCCC3C2)o1. The van der Waals surface area contributed by atoms with Crippen LogP contribution in [0.1, 0.15) is 50.3 Å². The zero-order valence-corrected chi connectivity index (χ0v) is 11.9. The lowest BCUT2D eigenvalue weighted by Crippen LogP contribution is -2.53. The van der Waals surface area contributed by atoms with E-state index in [1.165, 1.54) is 6.42 Å². The highest BCUT2D eigenvalue weighted by Gasteiger charge is 2.43. The van der Waals surface area contributed by atoms with Gasteiger partial charge in [-0.3, -0.25) is 0 Å². The van der Waals surface area contributed by atoms with Gasteiger partial charge in [-0.2, -0.15) is 0 Å². The van der Waals surface area contributed by atoms with Crippen molar-refractivity contribution in [1.82, 2.24) is 10.2 Å². The van der Waals surface area contributed by atoms with Crippen LogP contribution in [-0.4, -0.2) is 34.0 Å². The van der Waals surface area contributed by atoms with Gasteiger partial charge in [-0.05, 0) is 26.2 Å². The summed E-state index contributed by atoms with van der Waals surface area (Å²) in [4.78, 5) is 2.08. The fraction of sp³-hybridized carbons (Fsp3) is 0.846. The lowest BCUT2D eigenvalue weighted by atomic mass is 9.71. The minimum Gasteiger partial charge on any atom is -0.406 e. The molecule has 1 aliphatic heterocycles. The highest BCUT2D eigenvalue weighted by atomic mass is 35.5. The van der Waals surface area contributed by atoms with E-state index in [-0.39, 0.29) is 5.38 Å². The second-order valence-electron chi connectivity index (χ2n) is 5.78. The van der Waals surface area contributed by atoms with Gasteiger partial charge in [0.25, 0.3) is 0 Å². The molecular weight excluding hydrogens is 266 g/mol. The Labute approximate surface area is 117 Å². The number of alkyl halides is 1. The molecule has 3 unspecified atom stereocenters. The maximum Gasteiger partial charge on any atom is 0.318 e. The number of aliphatic hydroxyl groups is 1. The summed E-state index contributed by atoms with van der Waals surface area (Å²) < 4.78 is 5.59. The van der Waals surface area contributed by atoms with Crippen LogP contribution < -0.4 is 4.90 Å². The molecule has 1 N–H and O–H groups in total. The lowest BCUT2D eigenvalue weighted by molar-refractivity contribution is -0.0619. The van der Waals surface area contributed by atoms with Crippen molar-refractivity contribution in [2.45, 2.75) is 50.0 Å². The fourth-order valence-corrected chi connectivity index (χ4v) is 3.35. The van der Waals surface area contributed by atoms with Crippen molar-refractivity contribution in [2.75, 3.05) is 18.0 Å². The minimum atomic E-state index is -0.475. The van der Waals surface area contributed by atoms with Crippen molar-refractivity contribution in [1.29, 1.82) is 0 Å². The molecule has 106 valence electrons. The summed E-state index contributed by atoms with van der Waals surface area (Å²) in [6, 6.07) is 0.537. The Hall–Kier alpha value is -0.810. The molecule has 0 bridgehead atoms. The van der Waals surface area contributed by atoms with E-state index in [1.54, 1.807) is 0 Å². The van der Waals surface area contributed by atoms with Crippen LogP contribution >= 0.6 is 11.6 Å². The molecule has 2 heterocycles. The number of hydrogen-bond donors (Lipinski definition) is 1. The Balaban J connectivity index is 1.73. The van der Waals surface area contributed by atoms with E-state index in [2.05, 4.69) is 15.1 Å². The van der Waals surface area contributed by atoms with E-state index in [4.69, 9.17) is 16.0 Å². The minimum absolute atomic E-state index is 0.266. The van der Waals surface area contributed by atoms with E-state index in [0.717, 1.165) is 38.8 Å². The molecule has 0 amide bonds. The third-order valence-corrected chi connectivity index (χ3v) is 4.66. The van der Waals surface area contributed by atoms with Gasteiger partial charge in [-0.1, -0.05) is 17.9 Å². The Kier molecular flexibility index (Phi) is 3.43. The number of anilines is 1. The van der Waals surface area contributed by atoms with Crippen molar-refractivity contribution in [3.05, 3.63) is 5.89 Å². The molecule has 0 radical (unpaired) electrons. The molecule has 1 saturated carbocycles. The predicted molar refractivity (Wildman–Crippen MR) is 72.3 cm³/mol. The van der Waals surface area contributed by atoms with Crippen LogP contribution in [0.2, 0.25) is 0 Å². The molecular formula is C13H20ClN3O2. The van der Waals surface area contributed by atoms with Gasteiger partial charge in [-0.15, -0.1) is 16.7 Å². The highest BCUT2D eigenvalue weighted by Crippen LogP contribution is 2.40. The van der Waals surface area contributed by atoms with Crippen molar-refractivity contribution >= 4 is 17.6 Å². The van der Waals surface area contributed by atoms with Gasteiger partial charge in [0.2, 0.25) is 5.89 Å². The normalized spacial score (nSPS) is 33.0. The van der Waals surface area contributed by atoms with Gasteiger partial charge in [0.15, 0.2) is 0 Å². The second kappa shape index (κ2) is 4.94. The van der Waals surface area contributed by atoms with Crippen molar-refractivity contribution in [3.63, 3.8) is 0 Å². The zero-order chi connectivity index (χ0) is 13.5. The van der Waals surface area contributed by atoms with Gasteiger partial charge < -0.3 is 14.4 Å². The van der Waals surface area contributed by atoms with Gasteiger partial charge in [0, 0.05) is 19.0 Å². The van der Waals surface area contributed by atoms with Crippen molar-refractivity contribution in [3.8, 4) is 0 Å². The average molecular weight is 286 g/mol. The molecule has 1 aromatic rings. The Morgan fingerprint density at radius 3 is 3.00 bits per heavy atom. The van der Waals surface area contributed by atoms with Crippen LogP contribution in [0.5, 0.6) is 0 Å². The third-order valence-electron chi connectivity index (χ3n) is 4.47. The molecule has 5 nitrogen and oxygen atoms in total. The van der Waals surface area contributed by atoms with Gasteiger partial charge >= 0.3 is 6.01 Å². The topological polar surface area (TPSA) is 62.4 Å². The van der Waals surface area contributed by atoms with Crippen LogP contribution in [0.15, 0.2) is 4.42 Å². The van der Waals surface area contributed by atoms with E-state index in [1.807, 2.05) is 6.92 Å². The summed E-state index contributed by atoms with van der Waals surface area (Å²) in [6.45, 7) is 3.38. The summed E-state index contributed by atoms with van der Waals surface area (Å²) >= 11 is 5.93. The van der Waals surface area contributed by atoms with Crippen molar-refractivity contribution in [2.24, 2.45) is 5.92 Å². The van der Waals surface area contributed by atoms with E-state index >= 15 is 0 Å². The third kappa shape index (κ3) is 2.46. The van der Waals surface area contributed by atoms with Crippen LogP contribution in [0.25, 0.3) is 0 Å². The molecule has 6 heteroatoms. The molecule has 19 heavy (non-hydrogen) atoms. The number of fused-ring (bicyclic) bond motifs is 1. The molecule has 3 atom stereocenters. The first-order chi connectivity index (χ1) is 9.08. The molecule has 2 fully saturated rings. The monoisotopic (exact) mass is 285 g/mol. The fourth-order valence-electron chi connectivity index (χ4n) is 3.26. The van der Waals surface area contributed by atoms with Crippen LogP contribution in [0, 0.1) is 5.92 Å². The Morgan fingerprint density at radius 1 is 1.42 bits per heavy atom. The first-order valence-electron chi connectivity index (χ1n) is 7.03. The number of hydrogen-bond acceptors (Lipinski definition) is 5. The van der Waals surface area contributed by atoms with E-state index < -0.39 is 5.60 Å². The first kappa shape index (κ1) is 13.2. The maximum absolute atomic E-state index is 10.6. The molecule has 1 aliphatic carbocycles.